The van der Waals surface area contributed by atoms with Crippen molar-refractivity contribution in [3.05, 3.63) is 65.2 Å². The molecule has 7 nitrogen and oxygen atoms in total. The van der Waals surface area contributed by atoms with Gasteiger partial charge in [0.15, 0.2) is 5.96 Å². The number of alkyl halides is 2. The van der Waals surface area contributed by atoms with Crippen LogP contribution in [0.15, 0.2) is 53.5 Å². The van der Waals surface area contributed by atoms with Crippen molar-refractivity contribution in [1.29, 1.82) is 0 Å². The highest BCUT2D eigenvalue weighted by atomic mass is 19.3. The van der Waals surface area contributed by atoms with Crippen molar-refractivity contribution in [3.63, 3.8) is 0 Å². The molecule has 0 aliphatic rings. The molecule has 0 saturated carbocycles. The smallest absolute Gasteiger partial charge is 0.387 e. The van der Waals surface area contributed by atoms with Crippen LogP contribution in [0.4, 0.5) is 8.78 Å². The number of nitrogens with zero attached hydrogens (tertiary/aromatic N) is 1. The van der Waals surface area contributed by atoms with Crippen molar-refractivity contribution in [2.24, 2.45) is 4.99 Å². The number of aliphatic hydroxyl groups is 1. The summed E-state index contributed by atoms with van der Waals surface area (Å²) in [7, 11) is 1.57. The number of ether oxygens (including phenoxy) is 1. The maximum absolute atomic E-state index is 12.2. The summed E-state index contributed by atoms with van der Waals surface area (Å²) in [6, 6.07) is 13.0. The molecule has 0 aliphatic heterocycles. The Labute approximate surface area is 174 Å². The molecule has 1 amide bonds. The van der Waals surface area contributed by atoms with E-state index in [2.05, 4.69) is 25.7 Å². The van der Waals surface area contributed by atoms with Gasteiger partial charge >= 0.3 is 6.61 Å². The van der Waals surface area contributed by atoms with Gasteiger partial charge in [-0.05, 0) is 42.3 Å². The molecule has 0 saturated heterocycles. The zero-order valence-electron chi connectivity index (χ0n) is 16.9. The highest BCUT2D eigenvalue weighted by molar-refractivity contribution is 5.94. The molecule has 2 aromatic rings. The third-order valence-electron chi connectivity index (χ3n) is 4.13. The predicted octanol–water partition coefficient (Wildman–Crippen LogP) is 2.44. The highest BCUT2D eigenvalue weighted by Gasteiger charge is 2.10. The summed E-state index contributed by atoms with van der Waals surface area (Å²) in [5.74, 6) is 0.362. The number of hydrogen-bond acceptors (Lipinski definition) is 4. The second-order valence-electron chi connectivity index (χ2n) is 6.32. The van der Waals surface area contributed by atoms with Crippen LogP contribution >= 0.6 is 0 Å². The van der Waals surface area contributed by atoms with Gasteiger partial charge < -0.3 is 25.8 Å². The quantitative estimate of drug-likeness (QED) is 0.369. The van der Waals surface area contributed by atoms with Crippen molar-refractivity contribution in [1.82, 2.24) is 16.0 Å². The predicted molar refractivity (Wildman–Crippen MR) is 111 cm³/mol. The molecule has 1 atom stereocenters. The largest absolute Gasteiger partial charge is 0.435 e. The average Bonchev–Trinajstić information content (AvgIpc) is 2.75. The number of aliphatic hydroxyl groups excluding tert-OH is 1. The lowest BCUT2D eigenvalue weighted by molar-refractivity contribution is -0.0498. The molecule has 2 aromatic carbocycles. The first-order chi connectivity index (χ1) is 14.4. The number of carbonyl (C=O) groups is 1. The number of nitrogens with one attached hydrogen (secondary N) is 3. The van der Waals surface area contributed by atoms with Crippen LogP contribution in [0.1, 0.15) is 34.5 Å². The Morgan fingerprint density at radius 2 is 1.90 bits per heavy atom. The molecule has 162 valence electrons. The normalized spacial score (nSPS) is 12.4. The van der Waals surface area contributed by atoms with Crippen LogP contribution in [0.5, 0.6) is 5.75 Å². The average molecular weight is 420 g/mol. The van der Waals surface area contributed by atoms with Crippen molar-refractivity contribution < 1.29 is 23.4 Å². The van der Waals surface area contributed by atoms with E-state index in [4.69, 9.17) is 0 Å². The molecule has 9 heteroatoms. The number of guanidine groups is 1. The number of aliphatic imine (C=N–C) groups is 1. The van der Waals surface area contributed by atoms with Crippen LogP contribution in [-0.2, 0) is 6.54 Å². The minimum absolute atomic E-state index is 0.0304. The topological polar surface area (TPSA) is 95.0 Å². The first kappa shape index (κ1) is 23.1. The van der Waals surface area contributed by atoms with E-state index in [0.29, 0.717) is 30.2 Å². The van der Waals surface area contributed by atoms with E-state index in [1.807, 2.05) is 13.0 Å². The van der Waals surface area contributed by atoms with Gasteiger partial charge in [0.2, 0.25) is 0 Å². The lowest BCUT2D eigenvalue weighted by Crippen LogP contribution is -2.39. The van der Waals surface area contributed by atoms with Gasteiger partial charge in [0.25, 0.3) is 5.91 Å². The van der Waals surface area contributed by atoms with Gasteiger partial charge in [-0.15, -0.1) is 0 Å². The van der Waals surface area contributed by atoms with Crippen LogP contribution in [0.3, 0.4) is 0 Å². The first-order valence-electron chi connectivity index (χ1n) is 9.49. The fourth-order valence-electron chi connectivity index (χ4n) is 2.65. The summed E-state index contributed by atoms with van der Waals surface area (Å²) >= 11 is 0. The van der Waals surface area contributed by atoms with Gasteiger partial charge in [-0.2, -0.15) is 8.78 Å². The molecule has 0 radical (unpaired) electrons. The Hall–Kier alpha value is -3.20. The number of halogens is 2. The van der Waals surface area contributed by atoms with E-state index in [1.54, 1.807) is 25.2 Å². The third kappa shape index (κ3) is 7.32. The molecule has 2 rings (SSSR count). The van der Waals surface area contributed by atoms with E-state index in [-0.39, 0.29) is 18.2 Å². The molecule has 0 heterocycles. The summed E-state index contributed by atoms with van der Waals surface area (Å²) in [5, 5.41) is 19.1. The number of benzene rings is 2. The fraction of sp³-hybridized carbons (Fsp3) is 0.333. The summed E-state index contributed by atoms with van der Waals surface area (Å²) < 4.78 is 28.7. The monoisotopic (exact) mass is 420 g/mol. The van der Waals surface area contributed by atoms with E-state index in [1.165, 1.54) is 24.3 Å². The van der Waals surface area contributed by atoms with Gasteiger partial charge in [-0.25, -0.2) is 4.99 Å². The lowest BCUT2D eigenvalue weighted by atomic mass is 10.1. The Morgan fingerprint density at radius 3 is 2.53 bits per heavy atom. The van der Waals surface area contributed by atoms with E-state index >= 15 is 0 Å². The first-order valence-corrected chi connectivity index (χ1v) is 9.49. The number of amides is 1. The minimum atomic E-state index is -2.89. The lowest BCUT2D eigenvalue weighted by Gasteiger charge is -2.16. The number of rotatable bonds is 9. The summed E-state index contributed by atoms with van der Waals surface area (Å²) in [4.78, 5) is 16.2. The molecule has 4 N–H and O–H groups in total. The van der Waals surface area contributed by atoms with Crippen molar-refractivity contribution in [2.75, 3.05) is 20.1 Å². The maximum atomic E-state index is 12.2. The minimum Gasteiger partial charge on any atom is -0.435 e. The standard InChI is InChI=1S/C21H26F2N4O3/c1-3-25-21(26-12-14-5-4-6-16(11-14)19(29)24-2)27-13-18(28)15-7-9-17(10-8-15)30-20(22)23/h4-11,18,20,28H,3,12-13H2,1-2H3,(H,24,29)(H2,25,26,27). The zero-order valence-corrected chi connectivity index (χ0v) is 16.9. The van der Waals surface area contributed by atoms with Crippen LogP contribution < -0.4 is 20.7 Å². The zero-order chi connectivity index (χ0) is 21.9. The van der Waals surface area contributed by atoms with Gasteiger partial charge in [-0.3, -0.25) is 4.79 Å². The molecular weight excluding hydrogens is 394 g/mol. The van der Waals surface area contributed by atoms with E-state index in [9.17, 15) is 18.7 Å². The van der Waals surface area contributed by atoms with Crippen LogP contribution in [-0.4, -0.2) is 43.7 Å². The maximum Gasteiger partial charge on any atom is 0.387 e. The fourth-order valence-corrected chi connectivity index (χ4v) is 2.65. The van der Waals surface area contributed by atoms with Gasteiger partial charge in [0.1, 0.15) is 5.75 Å². The SMILES string of the molecule is CCNC(=NCc1cccc(C(=O)NC)c1)NCC(O)c1ccc(OC(F)F)cc1. The Kier molecular flexibility index (Phi) is 9.02. The molecule has 1 unspecified atom stereocenters. The second kappa shape index (κ2) is 11.7. The molecule has 0 aliphatic carbocycles. The Bertz CT molecular complexity index is 844. The molecule has 30 heavy (non-hydrogen) atoms. The molecular formula is C21H26F2N4O3. The Balaban J connectivity index is 1.97. The second-order valence-corrected chi connectivity index (χ2v) is 6.32. The van der Waals surface area contributed by atoms with Gasteiger partial charge in [0.05, 0.1) is 12.6 Å². The Morgan fingerprint density at radius 1 is 1.17 bits per heavy atom. The highest BCUT2D eigenvalue weighted by Crippen LogP contribution is 2.19. The summed E-state index contributed by atoms with van der Waals surface area (Å²) in [6.07, 6.45) is -0.869. The molecule has 0 fully saturated rings. The van der Waals surface area contributed by atoms with Gasteiger partial charge in [0, 0.05) is 25.7 Å². The van der Waals surface area contributed by atoms with Crippen molar-refractivity contribution in [3.8, 4) is 5.75 Å². The van der Waals surface area contributed by atoms with Gasteiger partial charge in [-0.1, -0.05) is 24.3 Å². The summed E-state index contributed by atoms with van der Waals surface area (Å²) in [5.41, 5.74) is 1.97. The van der Waals surface area contributed by atoms with Crippen LogP contribution in [0.2, 0.25) is 0 Å². The van der Waals surface area contributed by atoms with Crippen LogP contribution in [0.25, 0.3) is 0 Å². The van der Waals surface area contributed by atoms with Crippen molar-refractivity contribution in [2.45, 2.75) is 26.2 Å². The summed E-state index contributed by atoms with van der Waals surface area (Å²) in [6.45, 7) is 0.162. The number of hydrogen-bond donors (Lipinski definition) is 4. The van der Waals surface area contributed by atoms with E-state index in [0.717, 1.165) is 5.56 Å². The molecule has 0 bridgehead atoms. The number of carbonyl (C=O) groups excluding carboxylic acids is 1. The molecule has 0 aromatic heterocycles. The third-order valence-corrected chi connectivity index (χ3v) is 4.13. The van der Waals surface area contributed by atoms with Crippen molar-refractivity contribution >= 4 is 11.9 Å². The van der Waals surface area contributed by atoms with E-state index < -0.39 is 12.7 Å². The van der Waals surface area contributed by atoms with Crippen LogP contribution in [0, 0.1) is 0 Å². The molecule has 0 spiro atoms.